The number of methoxy groups -OCH3 is 1. The van der Waals surface area contributed by atoms with E-state index in [1.54, 1.807) is 89.4 Å². The smallest absolute Gasteiger partial charge is 0.321 e. The summed E-state index contributed by atoms with van der Waals surface area (Å²) in [5.74, 6) is -9.03. The number of fused-ring (bicyclic) bond motifs is 4. The Labute approximate surface area is 479 Å². The zero-order chi connectivity index (χ0) is 60.0. The summed E-state index contributed by atoms with van der Waals surface area (Å²) in [6.45, 7) is 5.44. The van der Waals surface area contributed by atoms with Crippen LogP contribution in [0.1, 0.15) is 101 Å². The fraction of sp³-hybridized carbons (Fsp3) is 0.286. The number of alkyl halides is 4. The first-order valence-electron chi connectivity index (χ1n) is 26.9. The van der Waals surface area contributed by atoms with Crippen LogP contribution < -0.4 is 30.6 Å². The van der Waals surface area contributed by atoms with Gasteiger partial charge in [-0.2, -0.15) is 0 Å². The average Bonchev–Trinajstić information content (AvgIpc) is 1.22. The van der Waals surface area contributed by atoms with E-state index in [9.17, 15) is 45.9 Å². The first kappa shape index (κ1) is 57.9. The number of para-hydroxylation sites is 2. The first-order valence-corrected chi connectivity index (χ1v) is 26.9. The number of nitrogens with zero attached hydrogens (tertiary/aromatic N) is 4. The van der Waals surface area contributed by atoms with Crippen molar-refractivity contribution in [1.82, 2.24) is 30.4 Å². The topological polar surface area (TPSA) is 195 Å². The number of hydrogen-bond donors (Lipinski definition) is 3. The monoisotopic (exact) mass is 1150 g/mol. The minimum absolute atomic E-state index is 0.124. The molecule has 4 aliphatic heterocycles. The van der Waals surface area contributed by atoms with Gasteiger partial charge in [0.05, 0.1) is 53.5 Å². The van der Waals surface area contributed by atoms with E-state index in [2.05, 4.69) is 20.6 Å². The van der Waals surface area contributed by atoms with Crippen LogP contribution in [0.15, 0.2) is 133 Å². The second kappa shape index (κ2) is 22.5. The van der Waals surface area contributed by atoms with Crippen molar-refractivity contribution in [3.05, 3.63) is 184 Å². The molecule has 434 valence electrons. The second-order valence-electron chi connectivity index (χ2n) is 22.2. The van der Waals surface area contributed by atoms with Crippen LogP contribution in [0.25, 0.3) is 22.5 Å². The van der Waals surface area contributed by atoms with Gasteiger partial charge in [0.1, 0.15) is 28.9 Å². The van der Waals surface area contributed by atoms with Gasteiger partial charge in [0.25, 0.3) is 23.7 Å². The Hall–Kier alpha value is -9.27. The number of hydrogen-bond acceptors (Lipinski definition) is 10. The molecule has 11 rings (SSSR count). The maximum atomic E-state index is 15.2. The molecule has 0 spiro atoms. The second-order valence-corrected chi connectivity index (χ2v) is 22.2. The lowest BCUT2D eigenvalue weighted by Gasteiger charge is -2.37. The third kappa shape index (κ3) is 11.6. The molecule has 4 aliphatic rings. The van der Waals surface area contributed by atoms with Crippen LogP contribution >= 0.6 is 0 Å². The van der Waals surface area contributed by atoms with Crippen LogP contribution in [-0.2, 0) is 16.1 Å². The SMILES string of the molecule is CC(C)(C(N)=O)[C@H]1c2ccccc2Oc2nc(-c3ccc(C(=O)N4CCC(F)(F)C4)c(F)c3)ccc21.COc1ccc(CNC(=O)NC(=O)C(C)(C)[C@H]2c3ccccc3Oc3nc(-c4ccc(C(=O)N5CCC(F)(F)C5)c(F)c4)ccc32)cc1. The lowest BCUT2D eigenvalue weighted by Crippen LogP contribution is -2.48. The van der Waals surface area contributed by atoms with E-state index in [-0.39, 0.29) is 42.5 Å². The summed E-state index contributed by atoms with van der Waals surface area (Å²) in [5, 5.41) is 5.17. The van der Waals surface area contributed by atoms with Gasteiger partial charge in [0, 0.05) is 77.7 Å². The summed E-state index contributed by atoms with van der Waals surface area (Å²) in [6.07, 6.45) is -0.897. The summed E-state index contributed by atoms with van der Waals surface area (Å²) < 4.78 is 102. The fourth-order valence-corrected chi connectivity index (χ4v) is 10.9. The molecule has 7 aromatic rings. The number of carbonyl (C=O) groups is 5. The van der Waals surface area contributed by atoms with Crippen LogP contribution in [0.5, 0.6) is 29.0 Å². The average molecular weight is 1150 g/mol. The molecular formula is C63H57F6N7O8. The maximum Gasteiger partial charge on any atom is 0.321 e. The number of likely N-dealkylation sites (tertiary alicyclic amines) is 2. The molecule has 6 amide bonds. The highest BCUT2D eigenvalue weighted by molar-refractivity contribution is 5.98. The molecular weight excluding hydrogens is 1100 g/mol. The number of imide groups is 1. The summed E-state index contributed by atoms with van der Waals surface area (Å²) in [4.78, 5) is 75.2. The Kier molecular flexibility index (Phi) is 15.5. The number of nitrogens with two attached hydrogens (primary N) is 1. The molecule has 0 aliphatic carbocycles. The van der Waals surface area contributed by atoms with Gasteiger partial charge < -0.3 is 35.1 Å². The van der Waals surface area contributed by atoms with Gasteiger partial charge in [-0.1, -0.05) is 100 Å². The van der Waals surface area contributed by atoms with Crippen molar-refractivity contribution in [3.63, 3.8) is 0 Å². The number of nitrogens with one attached hydrogen (secondary N) is 2. The third-order valence-electron chi connectivity index (χ3n) is 15.7. The summed E-state index contributed by atoms with van der Waals surface area (Å²) in [7, 11) is 1.56. The highest BCUT2D eigenvalue weighted by Crippen LogP contribution is 2.53. The largest absolute Gasteiger partial charge is 0.497 e. The summed E-state index contributed by atoms with van der Waals surface area (Å²) in [6, 6.07) is 35.7. The molecule has 15 nitrogen and oxygen atoms in total. The van der Waals surface area contributed by atoms with Gasteiger partial charge in [0.2, 0.25) is 23.6 Å². The molecule has 6 heterocycles. The fourth-order valence-electron chi connectivity index (χ4n) is 10.9. The van der Waals surface area contributed by atoms with Gasteiger partial charge >= 0.3 is 6.03 Å². The Morgan fingerprint density at radius 2 is 1.07 bits per heavy atom. The quantitative estimate of drug-likeness (QED) is 0.105. The van der Waals surface area contributed by atoms with Gasteiger partial charge in [-0.25, -0.2) is 41.1 Å². The lowest BCUT2D eigenvalue weighted by atomic mass is 9.69. The number of primary amides is 1. The maximum absolute atomic E-state index is 15.2. The molecule has 2 fully saturated rings. The normalized spacial score (nSPS) is 17.1. The van der Waals surface area contributed by atoms with E-state index >= 15 is 4.39 Å². The number of rotatable bonds is 11. The van der Waals surface area contributed by atoms with Crippen molar-refractivity contribution in [3.8, 4) is 51.5 Å². The zero-order valence-corrected chi connectivity index (χ0v) is 46.2. The first-order chi connectivity index (χ1) is 39.8. The van der Waals surface area contributed by atoms with Crippen molar-refractivity contribution >= 4 is 29.7 Å². The molecule has 84 heavy (non-hydrogen) atoms. The van der Waals surface area contributed by atoms with Gasteiger partial charge in [-0.05, 0) is 66.2 Å². The van der Waals surface area contributed by atoms with Gasteiger partial charge in [-0.15, -0.1) is 0 Å². The number of aromatic nitrogens is 2. The van der Waals surface area contributed by atoms with Crippen molar-refractivity contribution in [2.45, 2.75) is 70.8 Å². The van der Waals surface area contributed by atoms with Gasteiger partial charge in [0.15, 0.2) is 0 Å². The molecule has 5 aromatic carbocycles. The summed E-state index contributed by atoms with van der Waals surface area (Å²) in [5.41, 5.74) is 8.08. The number of amides is 6. The predicted molar refractivity (Wildman–Crippen MR) is 297 cm³/mol. The molecule has 0 radical (unpaired) electrons. The lowest BCUT2D eigenvalue weighted by molar-refractivity contribution is -0.129. The van der Waals surface area contributed by atoms with E-state index in [1.165, 1.54) is 24.3 Å². The number of carbonyl (C=O) groups excluding carboxylic acids is 5. The van der Waals surface area contributed by atoms with E-state index in [0.29, 0.717) is 50.9 Å². The standard InChI is InChI=1S/C36H33F3N4O5.C27H24F3N3O3/c1-35(2,33(45)42-34(46)40-19-21-8-11-23(47-3)12-9-21)30-25-6-4-5-7-29(25)48-31-26(30)14-15-28(41-31)22-10-13-24(27(37)18-22)32(44)43-17-16-36(38,39)20-43;1-26(2,25(31)35)22-17-5-3-4-6-21(17)36-23-18(22)9-10-20(32-23)15-7-8-16(19(28)13-15)24(34)33-12-11-27(29,30)14-33/h4-15,18,30H,16-17,19-20H2,1-3H3,(H2,40,42,45,46);3-10,13,22H,11-12,14H2,1-2H3,(H2,31,35)/t30-;22-/m00/s1. The van der Waals surface area contributed by atoms with E-state index in [4.69, 9.17) is 19.9 Å². The van der Waals surface area contributed by atoms with Crippen molar-refractivity contribution < 1.29 is 64.5 Å². The third-order valence-corrected chi connectivity index (χ3v) is 15.7. The van der Waals surface area contributed by atoms with Crippen LogP contribution in [0.4, 0.5) is 31.1 Å². The molecule has 2 saturated heterocycles. The van der Waals surface area contributed by atoms with Crippen LogP contribution in [0, 0.1) is 22.5 Å². The predicted octanol–water partition coefficient (Wildman–Crippen LogP) is 11.8. The van der Waals surface area contributed by atoms with Crippen molar-refractivity contribution in [2.24, 2.45) is 16.6 Å². The van der Waals surface area contributed by atoms with Crippen molar-refractivity contribution in [2.75, 3.05) is 33.3 Å². The van der Waals surface area contributed by atoms with Crippen LogP contribution in [-0.4, -0.2) is 94.6 Å². The molecule has 0 unspecified atom stereocenters. The Morgan fingerprint density at radius 1 is 0.619 bits per heavy atom. The van der Waals surface area contributed by atoms with E-state index < -0.39 is 102 Å². The molecule has 4 N–H and O–H groups in total. The Bertz CT molecular complexity index is 3770. The van der Waals surface area contributed by atoms with Crippen molar-refractivity contribution in [1.29, 1.82) is 0 Å². The molecule has 0 saturated carbocycles. The number of benzene rings is 5. The Morgan fingerprint density at radius 3 is 1.49 bits per heavy atom. The molecule has 21 heteroatoms. The van der Waals surface area contributed by atoms with Crippen LogP contribution in [0.2, 0.25) is 0 Å². The minimum atomic E-state index is -2.99. The number of pyridine rings is 2. The highest BCUT2D eigenvalue weighted by Gasteiger charge is 2.47. The number of ether oxygens (including phenoxy) is 3. The summed E-state index contributed by atoms with van der Waals surface area (Å²) >= 11 is 0. The van der Waals surface area contributed by atoms with E-state index in [1.807, 2.05) is 42.5 Å². The Balaban J connectivity index is 0.000000195. The number of halogens is 6. The molecule has 0 bridgehead atoms. The minimum Gasteiger partial charge on any atom is -0.497 e. The number of urea groups is 1. The van der Waals surface area contributed by atoms with Gasteiger partial charge in [-0.3, -0.25) is 24.5 Å². The zero-order valence-electron chi connectivity index (χ0n) is 46.2. The van der Waals surface area contributed by atoms with Crippen LogP contribution in [0.3, 0.4) is 0 Å². The molecule has 2 aromatic heterocycles. The highest BCUT2D eigenvalue weighted by atomic mass is 19.3. The molecule has 2 atom stereocenters. The van der Waals surface area contributed by atoms with E-state index in [0.717, 1.165) is 38.6 Å².